The minimum Gasteiger partial charge on any atom is -0.302 e. The third-order valence-electron chi connectivity index (χ3n) is 2.70. The van der Waals surface area contributed by atoms with Crippen LogP contribution in [0, 0.1) is 0 Å². The maximum Gasteiger partial charge on any atom is 0.216 e. The summed E-state index contributed by atoms with van der Waals surface area (Å²) < 4.78 is 0. The number of hydrogen-bond acceptors (Lipinski definition) is 2. The summed E-state index contributed by atoms with van der Waals surface area (Å²) in [5.41, 5.74) is 0.190. The maximum absolute atomic E-state index is 10.3. The predicted octanol–water partition coefficient (Wildman–Crippen LogP) is 1.80. The monoisotopic (exact) mass is 168 g/mol. The van der Waals surface area contributed by atoms with Crippen molar-refractivity contribution in [1.82, 2.24) is 5.32 Å². The largest absolute Gasteiger partial charge is 0.302 e. The van der Waals surface area contributed by atoms with E-state index in [9.17, 15) is 4.79 Å². The predicted molar refractivity (Wildman–Crippen MR) is 49.8 cm³/mol. The first-order valence-electron chi connectivity index (χ1n) is 4.82. The van der Waals surface area contributed by atoms with Crippen molar-refractivity contribution >= 4 is 6.29 Å². The molecule has 0 heterocycles. The van der Waals surface area contributed by atoms with Gasteiger partial charge in [0.25, 0.3) is 0 Å². The van der Waals surface area contributed by atoms with Crippen LogP contribution in [-0.4, -0.2) is 17.9 Å². The Morgan fingerprint density at radius 2 is 1.92 bits per heavy atom. The van der Waals surface area contributed by atoms with E-state index in [0.717, 1.165) is 0 Å². The smallest absolute Gasteiger partial charge is 0.216 e. The third kappa shape index (κ3) is 2.59. The Labute approximate surface area is 74.7 Å². The van der Waals surface area contributed by atoms with Crippen LogP contribution in [0.4, 0.5) is 0 Å². The third-order valence-corrected chi connectivity index (χ3v) is 2.70. The van der Waals surface area contributed by atoms with E-state index in [2.05, 4.69) is 12.2 Å². The van der Waals surface area contributed by atoms with Crippen molar-refractivity contribution in [3.05, 3.63) is 0 Å². The van der Waals surface area contributed by atoms with Crippen molar-refractivity contribution in [3.8, 4) is 0 Å². The standard InChI is InChI=1S/C10H18NO/c1-9(8-12)11-10(2)6-4-3-5-7-10/h9,11H,3-7H2,1-2H3. The molecular weight excluding hydrogens is 150 g/mol. The second-order valence-electron chi connectivity index (χ2n) is 4.11. The lowest BCUT2D eigenvalue weighted by molar-refractivity contribution is 0.247. The van der Waals surface area contributed by atoms with Gasteiger partial charge >= 0.3 is 0 Å². The van der Waals surface area contributed by atoms with Crippen LogP contribution in [0.2, 0.25) is 0 Å². The molecule has 0 aliphatic heterocycles. The van der Waals surface area contributed by atoms with Crippen molar-refractivity contribution in [1.29, 1.82) is 0 Å². The number of carbonyl (C=O) groups excluding carboxylic acids is 1. The van der Waals surface area contributed by atoms with Gasteiger partial charge in [0.2, 0.25) is 6.29 Å². The van der Waals surface area contributed by atoms with Gasteiger partial charge in [-0.05, 0) is 26.7 Å². The highest BCUT2D eigenvalue weighted by atomic mass is 16.1. The van der Waals surface area contributed by atoms with Gasteiger partial charge in [0.05, 0.1) is 6.04 Å². The fourth-order valence-electron chi connectivity index (χ4n) is 2.03. The highest BCUT2D eigenvalue weighted by Gasteiger charge is 2.27. The summed E-state index contributed by atoms with van der Waals surface area (Å²) in [4.78, 5) is 10.3. The zero-order valence-electron chi connectivity index (χ0n) is 8.02. The van der Waals surface area contributed by atoms with Crippen LogP contribution in [0.15, 0.2) is 0 Å². The topological polar surface area (TPSA) is 29.1 Å². The van der Waals surface area contributed by atoms with Gasteiger partial charge in [0.15, 0.2) is 0 Å². The Bertz CT molecular complexity index is 150. The van der Waals surface area contributed by atoms with Crippen LogP contribution in [0.3, 0.4) is 0 Å². The molecule has 0 saturated heterocycles. The average molecular weight is 168 g/mol. The molecule has 2 heteroatoms. The minimum absolute atomic E-state index is 0.118. The van der Waals surface area contributed by atoms with Crippen LogP contribution >= 0.6 is 0 Å². The van der Waals surface area contributed by atoms with Crippen molar-refractivity contribution in [2.45, 2.75) is 57.5 Å². The summed E-state index contributed by atoms with van der Waals surface area (Å²) in [6, 6.07) is -0.118. The van der Waals surface area contributed by atoms with Gasteiger partial charge < -0.3 is 5.32 Å². The summed E-state index contributed by atoms with van der Waals surface area (Å²) in [5, 5.41) is 3.32. The molecule has 1 unspecified atom stereocenters. The second kappa shape index (κ2) is 4.04. The molecule has 0 aromatic rings. The molecule has 1 aliphatic carbocycles. The van der Waals surface area contributed by atoms with Gasteiger partial charge in [-0.2, -0.15) is 0 Å². The van der Waals surface area contributed by atoms with E-state index >= 15 is 0 Å². The Morgan fingerprint density at radius 1 is 1.33 bits per heavy atom. The molecule has 0 bridgehead atoms. The fourth-order valence-corrected chi connectivity index (χ4v) is 2.03. The molecule has 2 nitrogen and oxygen atoms in total. The van der Waals surface area contributed by atoms with E-state index in [1.165, 1.54) is 32.1 Å². The van der Waals surface area contributed by atoms with E-state index in [0.29, 0.717) is 0 Å². The molecule has 12 heavy (non-hydrogen) atoms. The highest BCUT2D eigenvalue weighted by molar-refractivity contribution is 5.57. The Balaban J connectivity index is 2.40. The molecule has 1 radical (unpaired) electrons. The summed E-state index contributed by atoms with van der Waals surface area (Å²) in [6.45, 7) is 4.08. The maximum atomic E-state index is 10.3. The van der Waals surface area contributed by atoms with Crippen LogP contribution in [-0.2, 0) is 4.79 Å². The van der Waals surface area contributed by atoms with Crippen LogP contribution in [0.25, 0.3) is 0 Å². The molecule has 1 rings (SSSR count). The number of hydrogen-bond donors (Lipinski definition) is 1. The summed E-state index contributed by atoms with van der Waals surface area (Å²) in [5.74, 6) is 0. The first-order chi connectivity index (χ1) is 5.66. The fraction of sp³-hybridized carbons (Fsp3) is 0.900. The Kier molecular flexibility index (Phi) is 3.27. The van der Waals surface area contributed by atoms with Crippen molar-refractivity contribution in [3.63, 3.8) is 0 Å². The van der Waals surface area contributed by atoms with Gasteiger partial charge in [-0.3, -0.25) is 4.79 Å². The molecule has 0 amide bonds. The molecule has 0 spiro atoms. The van der Waals surface area contributed by atoms with Gasteiger partial charge in [-0.15, -0.1) is 0 Å². The van der Waals surface area contributed by atoms with Crippen molar-refractivity contribution in [2.24, 2.45) is 0 Å². The Morgan fingerprint density at radius 3 is 2.42 bits per heavy atom. The lowest BCUT2D eigenvalue weighted by atomic mass is 9.83. The molecule has 69 valence electrons. The summed E-state index contributed by atoms with van der Waals surface area (Å²) in [7, 11) is 0. The first-order valence-corrected chi connectivity index (χ1v) is 4.82. The van der Waals surface area contributed by atoms with Crippen molar-refractivity contribution < 1.29 is 4.79 Å². The van der Waals surface area contributed by atoms with E-state index < -0.39 is 0 Å². The van der Waals surface area contributed by atoms with Gasteiger partial charge in [-0.1, -0.05) is 19.3 Å². The first kappa shape index (κ1) is 9.72. The number of nitrogens with one attached hydrogen (secondary N) is 1. The zero-order valence-corrected chi connectivity index (χ0v) is 8.02. The Hall–Kier alpha value is -0.370. The summed E-state index contributed by atoms with van der Waals surface area (Å²) in [6.07, 6.45) is 8.28. The zero-order chi connectivity index (χ0) is 9.03. The molecule has 0 aromatic carbocycles. The van der Waals surface area contributed by atoms with Gasteiger partial charge in [-0.25, -0.2) is 0 Å². The number of rotatable bonds is 3. The van der Waals surface area contributed by atoms with E-state index in [4.69, 9.17) is 0 Å². The molecule has 1 atom stereocenters. The highest BCUT2D eigenvalue weighted by Crippen LogP contribution is 2.27. The van der Waals surface area contributed by atoms with Crippen LogP contribution in [0.1, 0.15) is 46.0 Å². The lowest BCUT2D eigenvalue weighted by Gasteiger charge is -2.35. The van der Waals surface area contributed by atoms with E-state index in [1.807, 2.05) is 13.2 Å². The molecule has 1 N–H and O–H groups in total. The molecule has 1 saturated carbocycles. The minimum atomic E-state index is -0.118. The average Bonchev–Trinajstić information content (AvgIpc) is 2.05. The molecule has 1 fully saturated rings. The van der Waals surface area contributed by atoms with Gasteiger partial charge in [0, 0.05) is 5.54 Å². The van der Waals surface area contributed by atoms with Gasteiger partial charge in [0.1, 0.15) is 0 Å². The quantitative estimate of drug-likeness (QED) is 0.696. The van der Waals surface area contributed by atoms with Crippen molar-refractivity contribution in [2.75, 3.05) is 0 Å². The molecular formula is C10H18NO. The van der Waals surface area contributed by atoms with E-state index in [1.54, 1.807) is 0 Å². The lowest BCUT2D eigenvalue weighted by Crippen LogP contribution is -2.48. The summed E-state index contributed by atoms with van der Waals surface area (Å²) >= 11 is 0. The normalized spacial score (nSPS) is 24.8. The molecule has 1 aliphatic rings. The van der Waals surface area contributed by atoms with Crippen LogP contribution in [0.5, 0.6) is 0 Å². The second-order valence-corrected chi connectivity index (χ2v) is 4.11. The molecule has 0 aromatic heterocycles. The SMILES string of the molecule is CC([C]=O)NC1(C)CCCCC1. The van der Waals surface area contributed by atoms with Crippen LogP contribution < -0.4 is 5.32 Å². The van der Waals surface area contributed by atoms with E-state index in [-0.39, 0.29) is 11.6 Å².